The fraction of sp³-hybridized carbons (Fsp3) is 0.769. The van der Waals surface area contributed by atoms with Crippen molar-refractivity contribution in [2.75, 3.05) is 26.2 Å². The third-order valence-corrected chi connectivity index (χ3v) is 4.32. The predicted octanol–water partition coefficient (Wildman–Crippen LogP) is 0.831. The molecule has 1 heterocycles. The molecular formula is C13H18F3N3O3. The minimum absolute atomic E-state index is 0.0140. The fourth-order valence-corrected chi connectivity index (χ4v) is 3.05. The number of hydrogen-bond donors (Lipinski definition) is 1. The third-order valence-electron chi connectivity index (χ3n) is 4.32. The average molecular weight is 321 g/mol. The molecule has 1 saturated heterocycles. The lowest BCUT2D eigenvalue weighted by atomic mass is 10.2. The van der Waals surface area contributed by atoms with E-state index in [1.54, 1.807) is 4.90 Å². The zero-order valence-electron chi connectivity index (χ0n) is 12.3. The molecule has 0 bridgehead atoms. The van der Waals surface area contributed by atoms with E-state index < -0.39 is 18.1 Å². The Bertz CT molecular complexity index is 479. The van der Waals surface area contributed by atoms with Gasteiger partial charge in [-0.2, -0.15) is 13.2 Å². The van der Waals surface area contributed by atoms with Crippen LogP contribution < -0.4 is 5.32 Å². The fourth-order valence-electron chi connectivity index (χ4n) is 3.05. The summed E-state index contributed by atoms with van der Waals surface area (Å²) in [4.78, 5) is 37.3. The molecule has 2 rings (SSSR count). The Labute approximate surface area is 125 Å². The first kappa shape index (κ1) is 16.6. The molecule has 0 spiro atoms. The maximum absolute atomic E-state index is 12.2. The zero-order valence-corrected chi connectivity index (χ0v) is 12.3. The molecule has 22 heavy (non-hydrogen) atoms. The van der Waals surface area contributed by atoms with Crippen molar-refractivity contribution in [1.29, 1.82) is 0 Å². The molecule has 2 aliphatic rings. The van der Waals surface area contributed by atoms with Crippen molar-refractivity contribution in [2.45, 2.75) is 20.0 Å². The number of piperidine rings is 1. The summed E-state index contributed by atoms with van der Waals surface area (Å²) in [6.45, 7) is 5.38. The molecule has 3 atom stereocenters. The van der Waals surface area contributed by atoms with Crippen LogP contribution >= 0.6 is 0 Å². The number of hydrogen-bond acceptors (Lipinski definition) is 3. The number of nitrogens with one attached hydrogen (secondary N) is 1. The molecule has 1 N–H and O–H groups in total. The topological polar surface area (TPSA) is 69.7 Å². The zero-order chi connectivity index (χ0) is 16.7. The van der Waals surface area contributed by atoms with E-state index in [0.717, 1.165) is 4.90 Å². The number of carbonyl (C=O) groups excluding carboxylic acids is 3. The largest absolute Gasteiger partial charge is 0.471 e. The van der Waals surface area contributed by atoms with Gasteiger partial charge in [-0.3, -0.25) is 14.9 Å². The van der Waals surface area contributed by atoms with Crippen LogP contribution in [0.5, 0.6) is 0 Å². The van der Waals surface area contributed by atoms with Crippen LogP contribution in [-0.2, 0) is 9.59 Å². The molecule has 2 fully saturated rings. The normalized spacial score (nSPS) is 26.4. The summed E-state index contributed by atoms with van der Waals surface area (Å²) in [5.74, 6) is -2.41. The van der Waals surface area contributed by atoms with E-state index in [9.17, 15) is 27.6 Å². The first-order valence-corrected chi connectivity index (χ1v) is 7.16. The van der Waals surface area contributed by atoms with Gasteiger partial charge in [0.15, 0.2) is 0 Å². The Morgan fingerprint density at radius 1 is 1.14 bits per heavy atom. The van der Waals surface area contributed by atoms with Crippen LogP contribution in [0.15, 0.2) is 0 Å². The van der Waals surface area contributed by atoms with Crippen molar-refractivity contribution < 1.29 is 27.6 Å². The number of rotatable bonds is 3. The van der Waals surface area contributed by atoms with Gasteiger partial charge in [-0.1, -0.05) is 0 Å². The molecule has 1 saturated carbocycles. The number of fused-ring (bicyclic) bond motifs is 1. The van der Waals surface area contributed by atoms with E-state index in [1.807, 2.05) is 13.8 Å². The summed E-state index contributed by atoms with van der Waals surface area (Å²) in [5.41, 5.74) is 0. The highest BCUT2D eigenvalue weighted by Gasteiger charge is 2.61. The number of nitrogens with zero attached hydrogens (tertiary/aromatic N) is 2. The Balaban J connectivity index is 1.84. The number of amides is 4. The summed E-state index contributed by atoms with van der Waals surface area (Å²) in [5, 5.41) is 1.32. The van der Waals surface area contributed by atoms with Crippen LogP contribution in [0.4, 0.5) is 18.0 Å². The Hall–Kier alpha value is -1.80. The van der Waals surface area contributed by atoms with Crippen molar-refractivity contribution in [3.63, 3.8) is 0 Å². The van der Waals surface area contributed by atoms with E-state index in [0.29, 0.717) is 13.1 Å². The molecule has 1 aliphatic carbocycles. The van der Waals surface area contributed by atoms with E-state index in [2.05, 4.69) is 0 Å². The molecule has 0 aromatic carbocycles. The van der Waals surface area contributed by atoms with Gasteiger partial charge in [-0.15, -0.1) is 0 Å². The molecule has 6 nitrogen and oxygen atoms in total. The van der Waals surface area contributed by atoms with Crippen molar-refractivity contribution in [2.24, 2.45) is 17.8 Å². The first-order chi connectivity index (χ1) is 10.2. The summed E-state index contributed by atoms with van der Waals surface area (Å²) in [6.07, 6.45) is -5.08. The van der Waals surface area contributed by atoms with E-state index in [1.165, 1.54) is 5.32 Å². The highest BCUT2D eigenvalue weighted by molar-refractivity contribution is 5.97. The second-order valence-electron chi connectivity index (χ2n) is 5.53. The van der Waals surface area contributed by atoms with Crippen LogP contribution in [0, 0.1) is 17.8 Å². The Kier molecular flexibility index (Phi) is 4.35. The quantitative estimate of drug-likeness (QED) is 0.837. The maximum Gasteiger partial charge on any atom is 0.471 e. The molecule has 9 heteroatoms. The standard InChI is InChI=1S/C13H18F3N3O3/c1-3-18(4-2)10(20)9-7-5-19(6-8(7)9)12(22)17-11(21)13(14,15)16/h7-9H,3-6H2,1-2H3,(H,17,21,22)/t7-,8+,9?. The van der Waals surface area contributed by atoms with Gasteiger partial charge >= 0.3 is 18.1 Å². The van der Waals surface area contributed by atoms with Gasteiger partial charge in [0, 0.05) is 32.1 Å². The van der Waals surface area contributed by atoms with E-state index >= 15 is 0 Å². The molecular weight excluding hydrogens is 303 g/mol. The SMILES string of the molecule is CCN(CC)C(=O)C1[C@H]2CN(C(=O)NC(=O)C(F)(F)F)C[C@@H]12. The number of alkyl halides is 3. The van der Waals surface area contributed by atoms with Crippen LogP contribution in [-0.4, -0.2) is 60.0 Å². The number of urea groups is 1. The highest BCUT2D eigenvalue weighted by Crippen LogP contribution is 2.52. The van der Waals surface area contributed by atoms with E-state index in [4.69, 9.17) is 0 Å². The third kappa shape index (κ3) is 3.02. The summed E-state index contributed by atoms with van der Waals surface area (Å²) >= 11 is 0. The number of likely N-dealkylation sites (tertiary alicyclic amines) is 1. The van der Waals surface area contributed by atoms with Crippen molar-refractivity contribution in [3.8, 4) is 0 Å². The molecule has 0 aromatic rings. The average Bonchev–Trinajstić information content (AvgIpc) is 2.93. The number of carbonyl (C=O) groups is 3. The van der Waals surface area contributed by atoms with Crippen LogP contribution in [0.3, 0.4) is 0 Å². The Morgan fingerprint density at radius 2 is 1.64 bits per heavy atom. The molecule has 1 unspecified atom stereocenters. The second-order valence-corrected chi connectivity index (χ2v) is 5.53. The smallest absolute Gasteiger partial charge is 0.343 e. The number of imide groups is 1. The highest BCUT2D eigenvalue weighted by atomic mass is 19.4. The second kappa shape index (κ2) is 5.77. The molecule has 0 radical (unpaired) electrons. The van der Waals surface area contributed by atoms with Crippen molar-refractivity contribution in [3.05, 3.63) is 0 Å². The van der Waals surface area contributed by atoms with Crippen LogP contribution in [0.25, 0.3) is 0 Å². The lowest BCUT2D eigenvalue weighted by Crippen LogP contribution is -2.48. The summed E-state index contributed by atoms with van der Waals surface area (Å²) in [7, 11) is 0. The number of halogens is 3. The van der Waals surface area contributed by atoms with Crippen molar-refractivity contribution >= 4 is 17.8 Å². The minimum atomic E-state index is -5.08. The Morgan fingerprint density at radius 3 is 2.05 bits per heavy atom. The summed E-state index contributed by atoms with van der Waals surface area (Å²) in [6, 6.07) is -1.05. The maximum atomic E-state index is 12.2. The van der Waals surface area contributed by atoms with Gasteiger partial charge in [0.2, 0.25) is 5.91 Å². The van der Waals surface area contributed by atoms with E-state index in [-0.39, 0.29) is 36.8 Å². The van der Waals surface area contributed by atoms with Gasteiger partial charge in [0.1, 0.15) is 0 Å². The molecule has 1 aliphatic heterocycles. The molecule has 124 valence electrons. The predicted molar refractivity (Wildman–Crippen MR) is 69.6 cm³/mol. The van der Waals surface area contributed by atoms with Crippen molar-refractivity contribution in [1.82, 2.24) is 15.1 Å². The molecule has 4 amide bonds. The lowest BCUT2D eigenvalue weighted by Gasteiger charge is -2.23. The molecule has 0 aromatic heterocycles. The summed E-state index contributed by atoms with van der Waals surface area (Å²) < 4.78 is 36.3. The monoisotopic (exact) mass is 321 g/mol. The van der Waals surface area contributed by atoms with Crippen LogP contribution in [0.1, 0.15) is 13.8 Å². The van der Waals surface area contributed by atoms with Gasteiger partial charge < -0.3 is 9.80 Å². The van der Waals surface area contributed by atoms with Crippen LogP contribution in [0.2, 0.25) is 0 Å². The van der Waals surface area contributed by atoms with Gasteiger partial charge in [0.25, 0.3) is 0 Å². The van der Waals surface area contributed by atoms with Gasteiger partial charge in [0.05, 0.1) is 0 Å². The van der Waals surface area contributed by atoms with Gasteiger partial charge in [-0.05, 0) is 25.7 Å². The lowest BCUT2D eigenvalue weighted by molar-refractivity contribution is -0.172. The van der Waals surface area contributed by atoms with Gasteiger partial charge in [-0.25, -0.2) is 4.79 Å². The minimum Gasteiger partial charge on any atom is -0.343 e. The first-order valence-electron chi connectivity index (χ1n) is 7.16.